The second kappa shape index (κ2) is 6.55. The fourth-order valence-corrected chi connectivity index (χ4v) is 2.07. The highest BCUT2D eigenvalue weighted by atomic mass is 35.5. The number of nitrogens with zero attached hydrogens (tertiary/aromatic N) is 2. The predicted molar refractivity (Wildman–Crippen MR) is 80.6 cm³/mol. The molecule has 2 N–H and O–H groups in total. The van der Waals surface area contributed by atoms with Crippen molar-refractivity contribution < 1.29 is 0 Å². The molecule has 0 fully saturated rings. The maximum atomic E-state index is 6.01. The minimum absolute atomic E-state index is 0.360. The number of hydrogen-bond donors (Lipinski definition) is 1. The number of rotatable bonds is 5. The largest absolute Gasteiger partial charge is 0.359 e. The SMILES string of the molecule is CN(CCc1ccccc1)c1ccc(Cl)c(CN)n1. The van der Waals surface area contributed by atoms with Gasteiger partial charge in [-0.3, -0.25) is 0 Å². The Kier molecular flexibility index (Phi) is 4.77. The van der Waals surface area contributed by atoms with Crippen molar-refractivity contribution in [2.24, 2.45) is 5.73 Å². The number of pyridine rings is 1. The Morgan fingerprint density at radius 1 is 1.16 bits per heavy atom. The van der Waals surface area contributed by atoms with Crippen molar-refractivity contribution in [2.45, 2.75) is 13.0 Å². The van der Waals surface area contributed by atoms with Crippen molar-refractivity contribution in [3.63, 3.8) is 0 Å². The minimum atomic E-state index is 0.360. The maximum absolute atomic E-state index is 6.01. The molecule has 0 atom stereocenters. The molecule has 2 rings (SSSR count). The monoisotopic (exact) mass is 275 g/mol. The van der Waals surface area contributed by atoms with Crippen LogP contribution in [-0.2, 0) is 13.0 Å². The van der Waals surface area contributed by atoms with Gasteiger partial charge >= 0.3 is 0 Å². The predicted octanol–water partition coefficient (Wildman–Crippen LogP) is 2.87. The molecule has 1 aromatic carbocycles. The molecule has 1 aromatic heterocycles. The Labute approximate surface area is 119 Å². The van der Waals surface area contributed by atoms with E-state index in [1.165, 1.54) is 5.56 Å². The third-order valence-corrected chi connectivity index (χ3v) is 3.41. The van der Waals surface area contributed by atoms with Gasteiger partial charge < -0.3 is 10.6 Å². The van der Waals surface area contributed by atoms with Crippen molar-refractivity contribution in [1.29, 1.82) is 0 Å². The van der Waals surface area contributed by atoms with Gasteiger partial charge in [-0.2, -0.15) is 0 Å². The molecule has 0 saturated carbocycles. The summed E-state index contributed by atoms with van der Waals surface area (Å²) in [6.45, 7) is 1.27. The highest BCUT2D eigenvalue weighted by molar-refractivity contribution is 6.31. The summed E-state index contributed by atoms with van der Waals surface area (Å²) in [5, 5.41) is 0.628. The Hall–Kier alpha value is -1.58. The number of aromatic nitrogens is 1. The van der Waals surface area contributed by atoms with Crippen molar-refractivity contribution in [3.8, 4) is 0 Å². The molecule has 19 heavy (non-hydrogen) atoms. The first kappa shape index (κ1) is 13.8. The van der Waals surface area contributed by atoms with E-state index >= 15 is 0 Å². The summed E-state index contributed by atoms with van der Waals surface area (Å²) in [7, 11) is 2.03. The number of hydrogen-bond acceptors (Lipinski definition) is 3. The molecule has 0 radical (unpaired) electrons. The van der Waals surface area contributed by atoms with Gasteiger partial charge in [0.25, 0.3) is 0 Å². The van der Waals surface area contributed by atoms with Gasteiger partial charge in [-0.15, -0.1) is 0 Å². The van der Waals surface area contributed by atoms with Gasteiger partial charge in [0.05, 0.1) is 10.7 Å². The molecule has 0 amide bonds. The lowest BCUT2D eigenvalue weighted by molar-refractivity contribution is 0.849. The molecular weight excluding hydrogens is 258 g/mol. The first-order chi connectivity index (χ1) is 9.20. The van der Waals surface area contributed by atoms with Crippen LogP contribution < -0.4 is 10.6 Å². The molecule has 0 spiro atoms. The summed E-state index contributed by atoms with van der Waals surface area (Å²) >= 11 is 6.01. The van der Waals surface area contributed by atoms with Gasteiger partial charge in [0.2, 0.25) is 0 Å². The van der Waals surface area contributed by atoms with E-state index in [1.807, 2.05) is 25.2 Å². The van der Waals surface area contributed by atoms with Crippen LogP contribution in [0.3, 0.4) is 0 Å². The normalized spacial score (nSPS) is 10.5. The topological polar surface area (TPSA) is 42.1 Å². The van der Waals surface area contributed by atoms with E-state index < -0.39 is 0 Å². The molecule has 1 heterocycles. The molecule has 3 nitrogen and oxygen atoms in total. The fraction of sp³-hybridized carbons (Fsp3) is 0.267. The zero-order chi connectivity index (χ0) is 13.7. The first-order valence-corrected chi connectivity index (χ1v) is 6.69. The lowest BCUT2D eigenvalue weighted by Crippen LogP contribution is -2.22. The van der Waals surface area contributed by atoms with E-state index in [0.29, 0.717) is 11.6 Å². The molecule has 0 unspecified atom stereocenters. The maximum Gasteiger partial charge on any atom is 0.128 e. The molecule has 0 saturated heterocycles. The average molecular weight is 276 g/mol. The molecule has 0 aliphatic carbocycles. The summed E-state index contributed by atoms with van der Waals surface area (Å²) in [4.78, 5) is 6.59. The highest BCUT2D eigenvalue weighted by Crippen LogP contribution is 2.18. The molecule has 2 aromatic rings. The Bertz CT molecular complexity index is 528. The Morgan fingerprint density at radius 2 is 1.89 bits per heavy atom. The van der Waals surface area contributed by atoms with Crippen LogP contribution in [0.4, 0.5) is 5.82 Å². The summed E-state index contributed by atoms with van der Waals surface area (Å²) in [6, 6.07) is 14.2. The summed E-state index contributed by atoms with van der Waals surface area (Å²) < 4.78 is 0. The van der Waals surface area contributed by atoms with Crippen LogP contribution in [-0.4, -0.2) is 18.6 Å². The molecular formula is C15H18ClN3. The molecule has 0 aliphatic rings. The summed E-state index contributed by atoms with van der Waals surface area (Å²) in [5.74, 6) is 0.904. The Morgan fingerprint density at radius 3 is 2.58 bits per heavy atom. The molecule has 0 aliphatic heterocycles. The quantitative estimate of drug-likeness (QED) is 0.912. The molecule has 100 valence electrons. The zero-order valence-corrected chi connectivity index (χ0v) is 11.8. The first-order valence-electron chi connectivity index (χ1n) is 6.31. The van der Waals surface area contributed by atoms with Crippen LogP contribution in [0.5, 0.6) is 0 Å². The standard InChI is InChI=1S/C15H18ClN3/c1-19(10-9-12-5-3-2-4-6-12)15-8-7-13(16)14(11-17)18-15/h2-8H,9-11,17H2,1H3. The van der Waals surface area contributed by atoms with Gasteiger partial charge in [0.15, 0.2) is 0 Å². The van der Waals surface area contributed by atoms with Crippen LogP contribution >= 0.6 is 11.6 Å². The highest BCUT2D eigenvalue weighted by Gasteiger charge is 2.06. The second-order valence-electron chi connectivity index (χ2n) is 4.46. The number of halogens is 1. The van der Waals surface area contributed by atoms with Crippen LogP contribution in [0, 0.1) is 0 Å². The average Bonchev–Trinajstić information content (AvgIpc) is 2.46. The van der Waals surface area contributed by atoms with Crippen molar-refractivity contribution >= 4 is 17.4 Å². The van der Waals surface area contributed by atoms with E-state index in [4.69, 9.17) is 17.3 Å². The van der Waals surface area contributed by atoms with Crippen LogP contribution in [0.2, 0.25) is 5.02 Å². The van der Waals surface area contributed by atoms with E-state index in [0.717, 1.165) is 24.5 Å². The fourth-order valence-electron chi connectivity index (χ4n) is 1.88. The van der Waals surface area contributed by atoms with Crippen molar-refractivity contribution in [2.75, 3.05) is 18.5 Å². The third kappa shape index (κ3) is 3.69. The van der Waals surface area contributed by atoms with Crippen LogP contribution in [0.1, 0.15) is 11.3 Å². The lowest BCUT2D eigenvalue weighted by Gasteiger charge is -2.19. The number of benzene rings is 1. The molecule has 4 heteroatoms. The van der Waals surface area contributed by atoms with E-state index in [2.05, 4.69) is 34.1 Å². The van der Waals surface area contributed by atoms with Crippen molar-refractivity contribution in [1.82, 2.24) is 4.98 Å². The van der Waals surface area contributed by atoms with Crippen molar-refractivity contribution in [3.05, 3.63) is 58.7 Å². The number of nitrogens with two attached hydrogens (primary N) is 1. The minimum Gasteiger partial charge on any atom is -0.359 e. The van der Waals surface area contributed by atoms with Gasteiger partial charge in [-0.1, -0.05) is 41.9 Å². The van der Waals surface area contributed by atoms with Crippen LogP contribution in [0.15, 0.2) is 42.5 Å². The van der Waals surface area contributed by atoms with Gasteiger partial charge in [-0.05, 0) is 24.1 Å². The van der Waals surface area contributed by atoms with E-state index in [-0.39, 0.29) is 0 Å². The van der Waals surface area contributed by atoms with Gasteiger partial charge in [-0.25, -0.2) is 4.98 Å². The zero-order valence-electron chi connectivity index (χ0n) is 11.0. The smallest absolute Gasteiger partial charge is 0.128 e. The summed E-state index contributed by atoms with van der Waals surface area (Å²) in [5.41, 5.74) is 7.68. The van der Waals surface area contributed by atoms with Gasteiger partial charge in [0, 0.05) is 20.1 Å². The Balaban J connectivity index is 2.02. The van der Waals surface area contributed by atoms with E-state index in [9.17, 15) is 0 Å². The third-order valence-electron chi connectivity index (χ3n) is 3.07. The van der Waals surface area contributed by atoms with Gasteiger partial charge in [0.1, 0.15) is 5.82 Å². The lowest BCUT2D eigenvalue weighted by atomic mass is 10.1. The van der Waals surface area contributed by atoms with E-state index in [1.54, 1.807) is 0 Å². The number of likely N-dealkylation sites (N-methyl/N-ethyl adjacent to an activating group) is 1. The summed E-state index contributed by atoms with van der Waals surface area (Å²) in [6.07, 6.45) is 0.986. The number of anilines is 1. The second-order valence-corrected chi connectivity index (χ2v) is 4.87. The van der Waals surface area contributed by atoms with Crippen LogP contribution in [0.25, 0.3) is 0 Å². The molecule has 0 bridgehead atoms.